The van der Waals surface area contributed by atoms with Crippen molar-refractivity contribution in [2.75, 3.05) is 26.8 Å². The zero-order chi connectivity index (χ0) is 17.0. The van der Waals surface area contributed by atoms with Gasteiger partial charge in [-0.1, -0.05) is 11.6 Å². The molecule has 128 valence electrons. The maximum atomic E-state index is 12.6. The van der Waals surface area contributed by atoms with Crippen LogP contribution in [0.15, 0.2) is 23.1 Å². The lowest BCUT2D eigenvalue weighted by atomic mass is 10.2. The van der Waals surface area contributed by atoms with Gasteiger partial charge >= 0.3 is 0 Å². The number of carbonyl (C=O) groups excluding carboxylic acids is 1. The van der Waals surface area contributed by atoms with Gasteiger partial charge < -0.3 is 10.1 Å². The topological polar surface area (TPSA) is 75.7 Å². The van der Waals surface area contributed by atoms with Gasteiger partial charge in [-0.05, 0) is 38.0 Å². The second-order valence-electron chi connectivity index (χ2n) is 5.59. The lowest BCUT2D eigenvalue weighted by Crippen LogP contribution is -2.35. The zero-order valence-electron chi connectivity index (χ0n) is 13.2. The highest BCUT2D eigenvalue weighted by atomic mass is 35.5. The van der Waals surface area contributed by atoms with Crippen LogP contribution in [-0.2, 0) is 14.8 Å². The molecule has 1 aromatic rings. The Hall–Kier alpha value is -1.15. The van der Waals surface area contributed by atoms with Crippen molar-refractivity contribution in [3.8, 4) is 0 Å². The molecule has 1 heterocycles. The summed E-state index contributed by atoms with van der Waals surface area (Å²) < 4.78 is 31.7. The number of methoxy groups -OCH3 is 1. The Balaban J connectivity index is 2.27. The number of rotatable bonds is 6. The lowest BCUT2D eigenvalue weighted by Gasteiger charge is -2.18. The molecular formula is C15H21ClN2O4S. The molecule has 0 aliphatic carbocycles. The van der Waals surface area contributed by atoms with E-state index in [4.69, 9.17) is 16.3 Å². The number of sulfonamides is 1. The Labute approximate surface area is 141 Å². The van der Waals surface area contributed by atoms with E-state index in [1.165, 1.54) is 22.5 Å². The summed E-state index contributed by atoms with van der Waals surface area (Å²) in [6, 6.07) is 4.12. The molecule has 1 N–H and O–H groups in total. The van der Waals surface area contributed by atoms with Crippen LogP contribution in [0, 0.1) is 0 Å². The first-order valence-corrected chi connectivity index (χ1v) is 9.27. The van der Waals surface area contributed by atoms with Gasteiger partial charge in [0.15, 0.2) is 0 Å². The van der Waals surface area contributed by atoms with Gasteiger partial charge in [0.2, 0.25) is 10.0 Å². The maximum absolute atomic E-state index is 12.6. The minimum atomic E-state index is -3.67. The number of amides is 1. The van der Waals surface area contributed by atoms with Crippen molar-refractivity contribution in [3.05, 3.63) is 28.8 Å². The van der Waals surface area contributed by atoms with Gasteiger partial charge in [0.25, 0.3) is 5.91 Å². The van der Waals surface area contributed by atoms with Gasteiger partial charge in [0, 0.05) is 31.8 Å². The van der Waals surface area contributed by atoms with E-state index in [-0.39, 0.29) is 27.4 Å². The molecule has 6 nitrogen and oxygen atoms in total. The summed E-state index contributed by atoms with van der Waals surface area (Å²) in [5.41, 5.74) is 0.259. The van der Waals surface area contributed by atoms with Crippen molar-refractivity contribution in [2.45, 2.75) is 30.7 Å². The van der Waals surface area contributed by atoms with Crippen molar-refractivity contribution >= 4 is 27.5 Å². The van der Waals surface area contributed by atoms with E-state index in [9.17, 15) is 13.2 Å². The van der Waals surface area contributed by atoms with E-state index in [1.807, 2.05) is 0 Å². The van der Waals surface area contributed by atoms with Crippen LogP contribution in [0.2, 0.25) is 5.02 Å². The van der Waals surface area contributed by atoms with Gasteiger partial charge in [-0.15, -0.1) is 0 Å². The first kappa shape index (κ1) is 18.2. The molecule has 1 aliphatic heterocycles. The second kappa shape index (κ2) is 7.61. The van der Waals surface area contributed by atoms with Crippen LogP contribution < -0.4 is 5.32 Å². The standard InChI is InChI=1S/C15H21ClN2O4S/c1-11(10-22-2)17-15(19)12-5-6-13(16)14(9-12)23(20,21)18-7-3-4-8-18/h5-6,9,11H,3-4,7-8,10H2,1-2H3,(H,17,19)/t11-/m0/s1. The van der Waals surface area contributed by atoms with Crippen LogP contribution in [0.25, 0.3) is 0 Å². The molecule has 0 saturated carbocycles. The third-order valence-electron chi connectivity index (χ3n) is 3.67. The molecule has 0 aromatic heterocycles. The van der Waals surface area contributed by atoms with Crippen molar-refractivity contribution < 1.29 is 17.9 Å². The van der Waals surface area contributed by atoms with Crippen LogP contribution in [0.4, 0.5) is 0 Å². The van der Waals surface area contributed by atoms with Crippen molar-refractivity contribution in [1.82, 2.24) is 9.62 Å². The monoisotopic (exact) mass is 360 g/mol. The molecule has 2 rings (SSSR count). The number of ether oxygens (including phenoxy) is 1. The number of nitrogens with one attached hydrogen (secondary N) is 1. The van der Waals surface area contributed by atoms with E-state index >= 15 is 0 Å². The zero-order valence-corrected chi connectivity index (χ0v) is 14.8. The molecule has 1 saturated heterocycles. The van der Waals surface area contributed by atoms with Crippen LogP contribution >= 0.6 is 11.6 Å². The predicted molar refractivity (Wildman–Crippen MR) is 88.2 cm³/mol. The number of halogens is 1. The van der Waals surface area contributed by atoms with Crippen LogP contribution in [0.3, 0.4) is 0 Å². The molecule has 1 amide bonds. The van der Waals surface area contributed by atoms with Crippen LogP contribution in [0.5, 0.6) is 0 Å². The maximum Gasteiger partial charge on any atom is 0.251 e. The van der Waals surface area contributed by atoms with Crippen molar-refractivity contribution in [1.29, 1.82) is 0 Å². The van der Waals surface area contributed by atoms with E-state index in [0.29, 0.717) is 19.7 Å². The Morgan fingerprint density at radius 2 is 2.04 bits per heavy atom. The Bertz CT molecular complexity index is 672. The van der Waals surface area contributed by atoms with Gasteiger partial charge in [0.1, 0.15) is 4.90 Å². The smallest absolute Gasteiger partial charge is 0.251 e. The SMILES string of the molecule is COC[C@H](C)NC(=O)c1ccc(Cl)c(S(=O)(=O)N2CCCC2)c1. The molecule has 0 radical (unpaired) electrons. The Morgan fingerprint density at radius 3 is 2.65 bits per heavy atom. The van der Waals surface area contributed by atoms with Crippen LogP contribution in [0.1, 0.15) is 30.1 Å². The molecule has 1 aromatic carbocycles. The average Bonchev–Trinajstić information content (AvgIpc) is 3.02. The summed E-state index contributed by atoms with van der Waals surface area (Å²) in [5, 5.41) is 2.87. The summed E-state index contributed by atoms with van der Waals surface area (Å²) in [6.45, 7) is 3.15. The number of carbonyl (C=O) groups is 1. The fourth-order valence-corrected chi connectivity index (χ4v) is 4.53. The third kappa shape index (κ3) is 4.23. The Kier molecular flexibility index (Phi) is 6.02. The number of hydrogen-bond donors (Lipinski definition) is 1. The van der Waals surface area contributed by atoms with Crippen molar-refractivity contribution in [3.63, 3.8) is 0 Å². The molecule has 1 aliphatic rings. The van der Waals surface area contributed by atoms with Gasteiger partial charge in [-0.25, -0.2) is 8.42 Å². The first-order valence-electron chi connectivity index (χ1n) is 7.45. The highest BCUT2D eigenvalue weighted by Crippen LogP contribution is 2.28. The normalized spacial score (nSPS) is 17.2. The molecule has 8 heteroatoms. The number of nitrogens with zero attached hydrogens (tertiary/aromatic N) is 1. The number of hydrogen-bond acceptors (Lipinski definition) is 4. The van der Waals surface area contributed by atoms with Gasteiger partial charge in [0.05, 0.1) is 11.6 Å². The highest BCUT2D eigenvalue weighted by molar-refractivity contribution is 7.89. The minimum Gasteiger partial charge on any atom is -0.383 e. The fraction of sp³-hybridized carbons (Fsp3) is 0.533. The average molecular weight is 361 g/mol. The third-order valence-corrected chi connectivity index (χ3v) is 6.05. The lowest BCUT2D eigenvalue weighted by molar-refractivity contribution is 0.0905. The largest absolute Gasteiger partial charge is 0.383 e. The van der Waals surface area contributed by atoms with Gasteiger partial charge in [-0.2, -0.15) is 4.31 Å². The molecule has 0 bridgehead atoms. The predicted octanol–water partition coefficient (Wildman–Crippen LogP) is 1.89. The summed E-state index contributed by atoms with van der Waals surface area (Å²) >= 11 is 6.06. The molecule has 0 unspecified atom stereocenters. The molecule has 0 spiro atoms. The summed E-state index contributed by atoms with van der Waals surface area (Å²) in [5.74, 6) is -0.357. The molecule has 1 atom stereocenters. The Morgan fingerprint density at radius 1 is 1.39 bits per heavy atom. The summed E-state index contributed by atoms with van der Waals surface area (Å²) in [7, 11) is -2.12. The van der Waals surface area contributed by atoms with E-state index in [1.54, 1.807) is 14.0 Å². The minimum absolute atomic E-state index is 0.0203. The highest BCUT2D eigenvalue weighted by Gasteiger charge is 2.29. The van der Waals surface area contributed by atoms with E-state index in [2.05, 4.69) is 5.32 Å². The second-order valence-corrected chi connectivity index (χ2v) is 7.90. The molecular weight excluding hydrogens is 340 g/mol. The first-order chi connectivity index (χ1) is 10.9. The van der Waals surface area contributed by atoms with E-state index < -0.39 is 10.0 Å². The summed E-state index contributed by atoms with van der Waals surface area (Å²) in [6.07, 6.45) is 1.68. The molecule has 23 heavy (non-hydrogen) atoms. The quantitative estimate of drug-likeness (QED) is 0.840. The number of benzene rings is 1. The molecule has 1 fully saturated rings. The van der Waals surface area contributed by atoms with Crippen LogP contribution in [-0.4, -0.2) is 51.5 Å². The van der Waals surface area contributed by atoms with E-state index in [0.717, 1.165) is 12.8 Å². The van der Waals surface area contributed by atoms with Crippen molar-refractivity contribution in [2.24, 2.45) is 0 Å². The fourth-order valence-electron chi connectivity index (χ4n) is 2.51. The summed E-state index contributed by atoms with van der Waals surface area (Å²) in [4.78, 5) is 12.2. The van der Waals surface area contributed by atoms with Gasteiger partial charge in [-0.3, -0.25) is 4.79 Å².